The molecule has 1 aromatic carbocycles. The van der Waals surface area contributed by atoms with Crippen molar-refractivity contribution in [1.29, 1.82) is 0 Å². The van der Waals surface area contributed by atoms with Crippen LogP contribution in [0.15, 0.2) is 18.2 Å². The summed E-state index contributed by atoms with van der Waals surface area (Å²) in [6, 6.07) is 3.12. The van der Waals surface area contributed by atoms with E-state index in [4.69, 9.17) is 15.2 Å². The highest BCUT2D eigenvalue weighted by atomic mass is 19.3. The van der Waals surface area contributed by atoms with Gasteiger partial charge in [-0.3, -0.25) is 9.59 Å². The molecule has 0 bridgehead atoms. The van der Waals surface area contributed by atoms with E-state index < -0.39 is 35.4 Å². The summed E-state index contributed by atoms with van der Waals surface area (Å²) < 4.78 is 52.3. The molecule has 1 aromatic heterocycles. The van der Waals surface area contributed by atoms with Crippen LogP contribution in [0.1, 0.15) is 84.5 Å². The van der Waals surface area contributed by atoms with Crippen molar-refractivity contribution in [3.63, 3.8) is 0 Å². The zero-order valence-corrected chi connectivity index (χ0v) is 21.6. The van der Waals surface area contributed by atoms with Gasteiger partial charge in [-0.1, -0.05) is 18.2 Å². The fraction of sp³-hybridized carbons (Fsp3) is 0.556. The highest BCUT2D eigenvalue weighted by molar-refractivity contribution is 5.89. The molecule has 2 heterocycles. The number of halogens is 3. The van der Waals surface area contributed by atoms with Gasteiger partial charge in [0.25, 0.3) is 12.3 Å². The Morgan fingerprint density at radius 3 is 2.61 bits per heavy atom. The largest absolute Gasteiger partial charge is 0.381 e. The first-order valence-corrected chi connectivity index (χ1v) is 12.8. The number of Topliss-reactive ketones (excluding diaryl/α,β-unsaturated/α-hetero) is 1. The standard InChI is InChI=1S/C27H33F3N4O4/c1-15(17-4-3-5-18(22(17)28)23(29)30)32-25-19-14-16(6-8-20(19)33-26(34-25)24(31)36)7-9-21(35)27(37-2)10-12-38-13-11-27/h3-5,15-16,23H,6-14H2,1-2H3,(H2,31,36)(H,32,33,34)/t15-,16?/m1/s1. The van der Waals surface area contributed by atoms with Crippen molar-refractivity contribution >= 4 is 17.5 Å². The third-order valence-corrected chi connectivity index (χ3v) is 7.69. The lowest BCUT2D eigenvalue weighted by Gasteiger charge is -2.35. The predicted octanol–water partition coefficient (Wildman–Crippen LogP) is 4.48. The van der Waals surface area contributed by atoms with Crippen LogP contribution in [0.3, 0.4) is 0 Å². The number of primary amides is 1. The van der Waals surface area contributed by atoms with E-state index >= 15 is 0 Å². The van der Waals surface area contributed by atoms with Gasteiger partial charge in [0.05, 0.1) is 11.6 Å². The van der Waals surface area contributed by atoms with Crippen molar-refractivity contribution in [2.75, 3.05) is 25.6 Å². The molecule has 0 spiro atoms. The SMILES string of the molecule is COC1(C(=O)CCC2CCc3nc(C(N)=O)nc(N[C@H](C)c4cccc(C(F)F)c4F)c3C2)CCOCC1. The van der Waals surface area contributed by atoms with Crippen molar-refractivity contribution in [2.45, 2.75) is 69.9 Å². The number of hydrogen-bond donors (Lipinski definition) is 2. The zero-order valence-electron chi connectivity index (χ0n) is 21.6. The number of ketones is 1. The Bertz CT molecular complexity index is 1190. The average Bonchev–Trinajstić information content (AvgIpc) is 2.91. The molecule has 1 fully saturated rings. The number of nitrogens with one attached hydrogen (secondary N) is 1. The number of amides is 1. The molecule has 0 saturated carbocycles. The Hall–Kier alpha value is -3.05. The lowest BCUT2D eigenvalue weighted by molar-refractivity contribution is -0.153. The molecule has 11 heteroatoms. The monoisotopic (exact) mass is 534 g/mol. The maximum Gasteiger partial charge on any atom is 0.286 e. The minimum atomic E-state index is -2.95. The van der Waals surface area contributed by atoms with Crippen LogP contribution in [0.25, 0.3) is 0 Å². The van der Waals surface area contributed by atoms with Gasteiger partial charge < -0.3 is 20.5 Å². The molecule has 2 atom stereocenters. The first-order chi connectivity index (χ1) is 18.1. The van der Waals surface area contributed by atoms with E-state index in [1.54, 1.807) is 14.0 Å². The minimum Gasteiger partial charge on any atom is -0.381 e. The Balaban J connectivity index is 1.54. The number of carbonyl (C=O) groups is 2. The molecule has 206 valence electrons. The fourth-order valence-corrected chi connectivity index (χ4v) is 5.37. The van der Waals surface area contributed by atoms with Crippen molar-refractivity contribution in [2.24, 2.45) is 11.7 Å². The number of anilines is 1. The maximum absolute atomic E-state index is 14.8. The predicted molar refractivity (Wildman–Crippen MR) is 133 cm³/mol. The maximum atomic E-state index is 14.8. The van der Waals surface area contributed by atoms with Crippen LogP contribution in [0.5, 0.6) is 0 Å². The second kappa shape index (κ2) is 11.8. The minimum absolute atomic E-state index is 0.0510. The zero-order chi connectivity index (χ0) is 27.4. The number of aromatic nitrogens is 2. The van der Waals surface area contributed by atoms with E-state index in [-0.39, 0.29) is 23.1 Å². The Morgan fingerprint density at radius 2 is 1.95 bits per heavy atom. The molecule has 1 aliphatic heterocycles. The number of benzene rings is 1. The van der Waals surface area contributed by atoms with Crippen molar-refractivity contribution in [3.05, 3.63) is 52.2 Å². The molecule has 1 aliphatic carbocycles. The van der Waals surface area contributed by atoms with Crippen LogP contribution < -0.4 is 11.1 Å². The molecule has 1 amide bonds. The number of rotatable bonds is 10. The number of nitrogens with zero attached hydrogens (tertiary/aromatic N) is 2. The second-order valence-corrected chi connectivity index (χ2v) is 9.98. The topological polar surface area (TPSA) is 116 Å². The quantitative estimate of drug-likeness (QED) is 0.462. The molecule has 2 aromatic rings. The van der Waals surface area contributed by atoms with Crippen molar-refractivity contribution in [1.82, 2.24) is 9.97 Å². The normalized spacial score (nSPS) is 19.6. The lowest BCUT2D eigenvalue weighted by atomic mass is 9.80. The Morgan fingerprint density at radius 1 is 1.24 bits per heavy atom. The summed E-state index contributed by atoms with van der Waals surface area (Å²) in [6.45, 7) is 2.61. The van der Waals surface area contributed by atoms with Gasteiger partial charge in [-0.15, -0.1) is 0 Å². The number of alkyl halides is 2. The van der Waals surface area contributed by atoms with Gasteiger partial charge >= 0.3 is 0 Å². The van der Waals surface area contributed by atoms with Crippen LogP contribution in [-0.4, -0.2) is 47.6 Å². The third-order valence-electron chi connectivity index (χ3n) is 7.69. The molecule has 0 radical (unpaired) electrons. The molecule has 3 N–H and O–H groups in total. The molecule has 1 saturated heterocycles. The summed E-state index contributed by atoms with van der Waals surface area (Å²) >= 11 is 0. The summed E-state index contributed by atoms with van der Waals surface area (Å²) in [4.78, 5) is 33.6. The van der Waals surface area contributed by atoms with Crippen LogP contribution in [0, 0.1) is 11.7 Å². The Labute approximate surface area is 219 Å². The van der Waals surface area contributed by atoms with Gasteiger partial charge in [-0.05, 0) is 38.5 Å². The highest BCUT2D eigenvalue weighted by Crippen LogP contribution is 2.35. The summed E-state index contributed by atoms with van der Waals surface area (Å²) in [5, 5.41) is 3.10. The molecule has 2 aliphatic rings. The van der Waals surface area contributed by atoms with Gasteiger partial charge in [-0.2, -0.15) is 0 Å². The summed E-state index contributed by atoms with van der Waals surface area (Å²) in [6.07, 6.45) is 0.985. The number of carbonyl (C=O) groups excluding carboxylic acids is 2. The summed E-state index contributed by atoms with van der Waals surface area (Å²) in [5.41, 5.74) is 5.43. The van der Waals surface area contributed by atoms with Gasteiger partial charge in [0.15, 0.2) is 5.78 Å². The molecular weight excluding hydrogens is 501 g/mol. The van der Waals surface area contributed by atoms with Crippen LogP contribution >= 0.6 is 0 Å². The summed E-state index contributed by atoms with van der Waals surface area (Å²) in [7, 11) is 1.56. The first kappa shape index (κ1) is 28.0. The second-order valence-electron chi connectivity index (χ2n) is 9.98. The number of hydrogen-bond acceptors (Lipinski definition) is 7. The van der Waals surface area contributed by atoms with E-state index in [0.29, 0.717) is 63.3 Å². The first-order valence-electron chi connectivity index (χ1n) is 12.8. The van der Waals surface area contributed by atoms with Gasteiger partial charge in [0.1, 0.15) is 17.2 Å². The number of ether oxygens (including phenoxy) is 2. The smallest absolute Gasteiger partial charge is 0.286 e. The molecule has 8 nitrogen and oxygen atoms in total. The van der Waals surface area contributed by atoms with Gasteiger partial charge in [0, 0.05) is 56.4 Å². The van der Waals surface area contributed by atoms with Gasteiger partial charge in [0.2, 0.25) is 5.82 Å². The van der Waals surface area contributed by atoms with E-state index in [1.165, 1.54) is 12.1 Å². The summed E-state index contributed by atoms with van der Waals surface area (Å²) in [5.74, 6) is -1.43. The number of aryl methyl sites for hydroxylation is 1. The third kappa shape index (κ3) is 5.83. The highest BCUT2D eigenvalue weighted by Gasteiger charge is 2.40. The van der Waals surface area contributed by atoms with Crippen molar-refractivity contribution in [3.8, 4) is 0 Å². The van der Waals surface area contributed by atoms with Crippen molar-refractivity contribution < 1.29 is 32.2 Å². The van der Waals surface area contributed by atoms with E-state index in [0.717, 1.165) is 18.1 Å². The van der Waals surface area contributed by atoms with Crippen LogP contribution in [0.2, 0.25) is 0 Å². The van der Waals surface area contributed by atoms with Crippen LogP contribution in [0.4, 0.5) is 19.0 Å². The lowest BCUT2D eigenvalue weighted by Crippen LogP contribution is -2.45. The molecule has 4 rings (SSSR count). The van der Waals surface area contributed by atoms with E-state index in [9.17, 15) is 22.8 Å². The number of fused-ring (bicyclic) bond motifs is 1. The van der Waals surface area contributed by atoms with E-state index in [1.807, 2.05) is 0 Å². The van der Waals surface area contributed by atoms with Gasteiger partial charge in [-0.25, -0.2) is 23.1 Å². The molecular formula is C27H33F3N4O4. The average molecular weight is 535 g/mol. The Kier molecular flexibility index (Phi) is 8.67. The molecule has 38 heavy (non-hydrogen) atoms. The number of methoxy groups -OCH3 is 1. The van der Waals surface area contributed by atoms with E-state index in [2.05, 4.69) is 15.3 Å². The molecule has 1 unspecified atom stereocenters. The van der Waals surface area contributed by atoms with Crippen LogP contribution in [-0.2, 0) is 27.1 Å². The number of nitrogens with two attached hydrogens (primary N) is 1. The fourth-order valence-electron chi connectivity index (χ4n) is 5.37.